The van der Waals surface area contributed by atoms with Crippen molar-refractivity contribution in [2.45, 2.75) is 32.7 Å². The van der Waals surface area contributed by atoms with E-state index >= 15 is 0 Å². The molecule has 1 aliphatic heterocycles. The van der Waals surface area contributed by atoms with Gasteiger partial charge in [-0.1, -0.05) is 6.92 Å². The molecule has 0 fully saturated rings. The number of hydrogen-bond donors (Lipinski definition) is 1. The Hall–Kier alpha value is -2.90. The molecule has 1 amide bonds. The minimum absolute atomic E-state index is 0.0138. The minimum Gasteiger partial charge on any atom is -0.497 e. The van der Waals surface area contributed by atoms with Crippen molar-refractivity contribution >= 4 is 29.1 Å². The number of rotatable bonds is 6. The number of nitrogens with zero attached hydrogens (tertiary/aromatic N) is 2. The molecule has 1 aromatic carbocycles. The van der Waals surface area contributed by atoms with E-state index in [4.69, 9.17) is 15.2 Å². The predicted molar refractivity (Wildman–Crippen MR) is 91.3 cm³/mol. The fraction of sp³-hybridized carbons (Fsp3) is 0.412. The lowest BCUT2D eigenvalue weighted by molar-refractivity contribution is -0.153. The quantitative estimate of drug-likeness (QED) is 0.473. The summed E-state index contributed by atoms with van der Waals surface area (Å²) in [7, 11) is 1.48. The number of carbonyl (C=O) groups excluding carboxylic acids is 3. The summed E-state index contributed by atoms with van der Waals surface area (Å²) in [5.74, 6) is -0.925. The molecule has 134 valence electrons. The van der Waals surface area contributed by atoms with Gasteiger partial charge in [-0.2, -0.15) is 5.10 Å². The Balaban J connectivity index is 2.33. The van der Waals surface area contributed by atoms with Crippen molar-refractivity contribution in [3.63, 3.8) is 0 Å². The van der Waals surface area contributed by atoms with Crippen LogP contribution in [0.2, 0.25) is 0 Å². The number of esters is 1. The summed E-state index contributed by atoms with van der Waals surface area (Å²) in [5, 5.41) is 5.10. The number of ketones is 1. The van der Waals surface area contributed by atoms with Gasteiger partial charge in [0.15, 0.2) is 6.04 Å². The third-order valence-corrected chi connectivity index (χ3v) is 3.79. The number of methoxy groups -OCH3 is 1. The Bertz CT molecular complexity index is 729. The average Bonchev–Trinajstić information content (AvgIpc) is 3.06. The summed E-state index contributed by atoms with van der Waals surface area (Å²) in [5.41, 5.74) is 6.43. The first-order chi connectivity index (χ1) is 11.9. The number of hydrazone groups is 1. The number of benzene rings is 1. The van der Waals surface area contributed by atoms with E-state index in [2.05, 4.69) is 5.10 Å². The van der Waals surface area contributed by atoms with Crippen LogP contribution in [0.5, 0.6) is 5.75 Å². The summed E-state index contributed by atoms with van der Waals surface area (Å²) in [6.07, 6.45) is 0.141. The van der Waals surface area contributed by atoms with Crippen LogP contribution in [0.15, 0.2) is 23.3 Å². The lowest BCUT2D eigenvalue weighted by Gasteiger charge is -2.19. The zero-order valence-electron chi connectivity index (χ0n) is 14.4. The highest BCUT2D eigenvalue weighted by molar-refractivity contribution is 6.47. The van der Waals surface area contributed by atoms with Gasteiger partial charge in [-0.3, -0.25) is 9.59 Å². The Morgan fingerprint density at radius 2 is 2.04 bits per heavy atom. The fourth-order valence-corrected chi connectivity index (χ4v) is 2.48. The number of carbonyl (C=O) groups is 3. The molecule has 0 saturated carbocycles. The van der Waals surface area contributed by atoms with E-state index in [9.17, 15) is 14.4 Å². The molecule has 0 saturated heterocycles. The van der Waals surface area contributed by atoms with Crippen molar-refractivity contribution < 1.29 is 23.9 Å². The van der Waals surface area contributed by atoms with Gasteiger partial charge in [0.2, 0.25) is 11.7 Å². The van der Waals surface area contributed by atoms with Crippen molar-refractivity contribution in [3.05, 3.63) is 23.8 Å². The van der Waals surface area contributed by atoms with Gasteiger partial charge in [0.1, 0.15) is 11.5 Å². The van der Waals surface area contributed by atoms with Gasteiger partial charge >= 0.3 is 5.97 Å². The zero-order valence-corrected chi connectivity index (χ0v) is 14.4. The lowest BCUT2D eigenvalue weighted by atomic mass is 10.0. The fourth-order valence-electron chi connectivity index (χ4n) is 2.48. The predicted octanol–water partition coefficient (Wildman–Crippen LogP) is 1.39. The SMILES string of the molecule is CCOC(=O)C1CC(C(=O)c2cc(OC)ccc2N)=NN1C(=O)CC. The van der Waals surface area contributed by atoms with Crippen molar-refractivity contribution in [1.29, 1.82) is 0 Å². The van der Waals surface area contributed by atoms with E-state index in [0.29, 0.717) is 5.75 Å². The number of nitrogen functional groups attached to an aromatic ring is 1. The molecule has 0 aliphatic carbocycles. The van der Waals surface area contributed by atoms with Crippen LogP contribution < -0.4 is 10.5 Å². The molecule has 0 bridgehead atoms. The lowest BCUT2D eigenvalue weighted by Crippen LogP contribution is -2.39. The number of hydrogen-bond acceptors (Lipinski definition) is 7. The largest absolute Gasteiger partial charge is 0.497 e. The maximum Gasteiger partial charge on any atom is 0.331 e. The van der Waals surface area contributed by atoms with Crippen molar-refractivity contribution in [3.8, 4) is 5.75 Å². The summed E-state index contributed by atoms with van der Waals surface area (Å²) in [4.78, 5) is 36.9. The van der Waals surface area contributed by atoms with Crippen LogP contribution in [-0.4, -0.2) is 48.1 Å². The molecule has 1 aromatic rings. The summed E-state index contributed by atoms with van der Waals surface area (Å²) >= 11 is 0. The normalized spacial score (nSPS) is 16.4. The van der Waals surface area contributed by atoms with Gasteiger partial charge in [-0.05, 0) is 25.1 Å². The average molecular weight is 347 g/mol. The van der Waals surface area contributed by atoms with Gasteiger partial charge in [-0.25, -0.2) is 9.80 Å². The highest BCUT2D eigenvalue weighted by Crippen LogP contribution is 2.25. The van der Waals surface area contributed by atoms with E-state index in [1.807, 2.05) is 0 Å². The number of anilines is 1. The molecule has 25 heavy (non-hydrogen) atoms. The minimum atomic E-state index is -0.932. The molecule has 1 aliphatic rings. The second-order valence-electron chi connectivity index (χ2n) is 5.39. The molecule has 8 heteroatoms. The summed E-state index contributed by atoms with van der Waals surface area (Å²) in [6.45, 7) is 3.50. The zero-order chi connectivity index (χ0) is 18.6. The number of amides is 1. The molecule has 0 radical (unpaired) electrons. The second kappa shape index (κ2) is 7.78. The van der Waals surface area contributed by atoms with E-state index in [1.165, 1.54) is 13.2 Å². The molecular formula is C17H21N3O5. The van der Waals surface area contributed by atoms with Crippen LogP contribution in [0.1, 0.15) is 37.0 Å². The molecule has 0 spiro atoms. The monoisotopic (exact) mass is 347 g/mol. The highest BCUT2D eigenvalue weighted by Gasteiger charge is 2.39. The molecule has 0 aromatic heterocycles. The summed E-state index contributed by atoms with van der Waals surface area (Å²) in [6, 6.07) is 3.76. The Labute approximate surface area is 145 Å². The van der Waals surface area contributed by atoms with Crippen molar-refractivity contribution in [2.75, 3.05) is 19.5 Å². The molecule has 2 N–H and O–H groups in total. The Kier molecular flexibility index (Phi) is 5.74. The third-order valence-electron chi connectivity index (χ3n) is 3.79. The first-order valence-electron chi connectivity index (χ1n) is 7.97. The topological polar surface area (TPSA) is 111 Å². The molecule has 8 nitrogen and oxygen atoms in total. The Morgan fingerprint density at radius 3 is 2.64 bits per heavy atom. The van der Waals surface area contributed by atoms with Gasteiger partial charge in [0.25, 0.3) is 0 Å². The summed E-state index contributed by atoms with van der Waals surface area (Å²) < 4.78 is 10.1. The smallest absolute Gasteiger partial charge is 0.331 e. The van der Waals surface area contributed by atoms with Crippen LogP contribution in [0, 0.1) is 0 Å². The van der Waals surface area contributed by atoms with Crippen molar-refractivity contribution in [2.24, 2.45) is 5.10 Å². The maximum atomic E-state index is 12.8. The first-order valence-corrected chi connectivity index (χ1v) is 7.97. The van der Waals surface area contributed by atoms with Gasteiger partial charge in [0, 0.05) is 18.5 Å². The first kappa shape index (κ1) is 18.4. The van der Waals surface area contributed by atoms with Gasteiger partial charge in [0.05, 0.1) is 19.3 Å². The number of nitrogens with two attached hydrogens (primary N) is 1. The van der Waals surface area contributed by atoms with Crippen LogP contribution in [0.25, 0.3) is 0 Å². The van der Waals surface area contributed by atoms with Crippen LogP contribution in [-0.2, 0) is 14.3 Å². The van der Waals surface area contributed by atoms with Crippen LogP contribution in [0.4, 0.5) is 5.69 Å². The standard InChI is InChI=1S/C17H21N3O5/c1-4-15(21)20-14(17(23)25-5-2)9-13(19-20)16(22)11-8-10(24-3)6-7-12(11)18/h6-8,14H,4-5,9,18H2,1-3H3. The Morgan fingerprint density at radius 1 is 1.32 bits per heavy atom. The van der Waals surface area contributed by atoms with Gasteiger partial charge < -0.3 is 15.2 Å². The van der Waals surface area contributed by atoms with Crippen molar-refractivity contribution in [1.82, 2.24) is 5.01 Å². The van der Waals surface area contributed by atoms with E-state index in [-0.39, 0.29) is 42.3 Å². The second-order valence-corrected chi connectivity index (χ2v) is 5.39. The molecule has 1 heterocycles. The van der Waals surface area contributed by atoms with Crippen LogP contribution >= 0.6 is 0 Å². The molecule has 2 rings (SSSR count). The van der Waals surface area contributed by atoms with E-state index in [1.54, 1.807) is 26.0 Å². The highest BCUT2D eigenvalue weighted by atomic mass is 16.5. The van der Waals surface area contributed by atoms with Crippen LogP contribution in [0.3, 0.4) is 0 Å². The van der Waals surface area contributed by atoms with E-state index in [0.717, 1.165) is 5.01 Å². The third kappa shape index (κ3) is 3.78. The molecular weight excluding hydrogens is 326 g/mol. The molecule has 1 atom stereocenters. The number of ether oxygens (including phenoxy) is 2. The van der Waals surface area contributed by atoms with E-state index < -0.39 is 17.8 Å². The molecule has 1 unspecified atom stereocenters. The maximum absolute atomic E-state index is 12.8. The number of Topliss-reactive ketones (excluding diaryl/α,β-unsaturated/α-hetero) is 1. The van der Waals surface area contributed by atoms with Gasteiger partial charge in [-0.15, -0.1) is 0 Å².